The Balaban J connectivity index is 3.37. The molecule has 6 heteroatoms. The van der Waals surface area contributed by atoms with Gasteiger partial charge in [-0.25, -0.2) is 13.4 Å². The second-order valence-corrected chi connectivity index (χ2v) is 4.36. The first-order chi connectivity index (χ1) is 5.02. The molecule has 0 aliphatic rings. The molecule has 2 N–H and O–H groups in total. The van der Waals surface area contributed by atoms with Gasteiger partial charge in [-0.2, -0.15) is 0 Å². The van der Waals surface area contributed by atoms with Crippen LogP contribution in [0.2, 0.25) is 0 Å². The molecule has 0 aliphatic heterocycles. The van der Waals surface area contributed by atoms with Crippen molar-refractivity contribution in [2.24, 2.45) is 0 Å². The maximum Gasteiger partial charge on any atom is 0.264 e. The summed E-state index contributed by atoms with van der Waals surface area (Å²) in [5.74, 6) is -0.0810. The fourth-order valence-corrected chi connectivity index (χ4v) is 1.54. The maximum atomic E-state index is 10.7. The third kappa shape index (κ3) is 1.81. The Morgan fingerprint density at radius 3 is 2.55 bits per heavy atom. The summed E-state index contributed by atoms with van der Waals surface area (Å²) in [4.78, 5) is 3.41. The average Bonchev–Trinajstić information content (AvgIpc) is 1.86. The fourth-order valence-electron chi connectivity index (χ4n) is 0.609. The van der Waals surface area contributed by atoms with Crippen molar-refractivity contribution in [2.75, 3.05) is 5.73 Å². The lowest BCUT2D eigenvalue weighted by Crippen LogP contribution is -1.99. The first-order valence-electron chi connectivity index (χ1n) is 2.67. The van der Waals surface area contributed by atoms with Crippen molar-refractivity contribution in [3.8, 4) is 0 Å². The van der Waals surface area contributed by atoms with Gasteiger partial charge >= 0.3 is 0 Å². The second-order valence-electron chi connectivity index (χ2n) is 1.82. The van der Waals surface area contributed by atoms with Crippen molar-refractivity contribution in [3.63, 3.8) is 0 Å². The Morgan fingerprint density at radius 1 is 1.55 bits per heavy atom. The maximum absolute atomic E-state index is 10.7. The Hall–Kier alpha value is -0.810. The lowest BCUT2D eigenvalue weighted by molar-refractivity contribution is 0.609. The zero-order valence-electron chi connectivity index (χ0n) is 5.36. The van der Waals surface area contributed by atoms with Crippen LogP contribution in [-0.4, -0.2) is 13.4 Å². The van der Waals surface area contributed by atoms with Crippen molar-refractivity contribution in [1.82, 2.24) is 4.98 Å². The van der Waals surface area contributed by atoms with Gasteiger partial charge in [0.2, 0.25) is 0 Å². The molecule has 4 nitrogen and oxygen atoms in total. The molecule has 0 atom stereocenters. The Bertz CT molecular complexity index is 363. The van der Waals surface area contributed by atoms with Crippen molar-refractivity contribution >= 4 is 25.6 Å². The first kappa shape index (κ1) is 8.29. The summed E-state index contributed by atoms with van der Waals surface area (Å²) in [6, 6.07) is 2.75. The Morgan fingerprint density at radius 2 is 2.18 bits per heavy atom. The zero-order chi connectivity index (χ0) is 8.48. The van der Waals surface area contributed by atoms with E-state index in [-0.39, 0.29) is 10.7 Å². The summed E-state index contributed by atoms with van der Waals surface area (Å²) in [6.07, 6.45) is 1.39. The molecule has 0 aliphatic carbocycles. The van der Waals surface area contributed by atoms with E-state index in [2.05, 4.69) is 4.98 Å². The van der Waals surface area contributed by atoms with Crippen LogP contribution in [0.4, 0.5) is 5.82 Å². The van der Waals surface area contributed by atoms with Gasteiger partial charge in [-0.05, 0) is 12.1 Å². The Kier molecular flexibility index (Phi) is 2.01. The zero-order valence-corrected chi connectivity index (χ0v) is 6.93. The molecule has 0 radical (unpaired) electrons. The van der Waals surface area contributed by atoms with Crippen LogP contribution < -0.4 is 5.73 Å². The largest absolute Gasteiger partial charge is 0.383 e. The predicted molar refractivity (Wildman–Crippen MR) is 41.7 cm³/mol. The fraction of sp³-hybridized carbons (Fsp3) is 0. The van der Waals surface area contributed by atoms with E-state index in [0.29, 0.717) is 0 Å². The topological polar surface area (TPSA) is 73.0 Å². The quantitative estimate of drug-likeness (QED) is 0.661. The number of hydrogen-bond acceptors (Lipinski definition) is 4. The van der Waals surface area contributed by atoms with Gasteiger partial charge in [-0.3, -0.25) is 0 Å². The first-order valence-corrected chi connectivity index (χ1v) is 4.98. The van der Waals surface area contributed by atoms with Gasteiger partial charge in [0.15, 0.2) is 0 Å². The average molecular weight is 193 g/mol. The van der Waals surface area contributed by atoms with Crippen molar-refractivity contribution in [2.45, 2.75) is 4.90 Å². The van der Waals surface area contributed by atoms with Gasteiger partial charge in [0, 0.05) is 16.9 Å². The van der Waals surface area contributed by atoms with Crippen LogP contribution in [0, 0.1) is 0 Å². The molecule has 0 saturated carbocycles. The van der Waals surface area contributed by atoms with Crippen LogP contribution in [0.25, 0.3) is 0 Å². The molecule has 1 aromatic heterocycles. The molecule has 0 aromatic carbocycles. The summed E-state index contributed by atoms with van der Waals surface area (Å²) in [6.45, 7) is 0. The highest BCUT2D eigenvalue weighted by atomic mass is 35.7. The molecule has 60 valence electrons. The smallest absolute Gasteiger partial charge is 0.264 e. The molecule has 11 heavy (non-hydrogen) atoms. The highest BCUT2D eigenvalue weighted by Gasteiger charge is 2.13. The number of nitrogens with zero attached hydrogens (tertiary/aromatic N) is 1. The minimum absolute atomic E-state index is 0.0810. The number of nitrogen functional groups attached to an aromatic ring is 1. The van der Waals surface area contributed by atoms with E-state index in [0.717, 1.165) is 0 Å². The second kappa shape index (κ2) is 2.67. The van der Waals surface area contributed by atoms with E-state index in [1.165, 1.54) is 18.3 Å². The van der Waals surface area contributed by atoms with Crippen LogP contribution in [-0.2, 0) is 9.05 Å². The number of rotatable bonds is 1. The summed E-state index contributed by atoms with van der Waals surface area (Å²) in [7, 11) is 1.27. The summed E-state index contributed by atoms with van der Waals surface area (Å²) >= 11 is 0. The molecule has 1 rings (SSSR count). The van der Waals surface area contributed by atoms with Gasteiger partial charge in [-0.15, -0.1) is 0 Å². The van der Waals surface area contributed by atoms with Gasteiger partial charge in [0.1, 0.15) is 10.7 Å². The van der Waals surface area contributed by atoms with Crippen LogP contribution >= 0.6 is 10.7 Å². The van der Waals surface area contributed by atoms with Crippen LogP contribution in [0.5, 0.6) is 0 Å². The van der Waals surface area contributed by atoms with Crippen molar-refractivity contribution in [1.29, 1.82) is 0 Å². The molecule has 0 bridgehead atoms. The SMILES string of the molecule is Nc1ncccc1S(=O)(=O)Cl. The normalized spacial score (nSPS) is 11.4. The van der Waals surface area contributed by atoms with E-state index >= 15 is 0 Å². The Labute approximate surface area is 68.4 Å². The lowest BCUT2D eigenvalue weighted by Gasteiger charge is -1.97. The number of anilines is 1. The van der Waals surface area contributed by atoms with Gasteiger partial charge in [-0.1, -0.05) is 0 Å². The third-order valence-corrected chi connectivity index (χ3v) is 2.43. The summed E-state index contributed by atoms with van der Waals surface area (Å²) < 4.78 is 21.4. The van der Waals surface area contributed by atoms with E-state index < -0.39 is 9.05 Å². The van der Waals surface area contributed by atoms with E-state index in [1.54, 1.807) is 0 Å². The number of aromatic nitrogens is 1. The standard InChI is InChI=1S/C5H5ClN2O2S/c6-11(9,10)4-2-1-3-8-5(4)7/h1-3H,(H2,7,8). The van der Waals surface area contributed by atoms with E-state index in [1.807, 2.05) is 0 Å². The van der Waals surface area contributed by atoms with Gasteiger partial charge < -0.3 is 5.73 Å². The minimum Gasteiger partial charge on any atom is -0.383 e. The van der Waals surface area contributed by atoms with Crippen molar-refractivity contribution in [3.05, 3.63) is 18.3 Å². The third-order valence-electron chi connectivity index (χ3n) is 1.06. The predicted octanol–water partition coefficient (Wildman–Crippen LogP) is 0.591. The van der Waals surface area contributed by atoms with Crippen LogP contribution in [0.1, 0.15) is 0 Å². The van der Waals surface area contributed by atoms with Crippen molar-refractivity contribution < 1.29 is 8.42 Å². The highest BCUT2D eigenvalue weighted by Crippen LogP contribution is 2.18. The molecule has 0 amide bonds. The number of halogens is 1. The number of pyridine rings is 1. The van der Waals surface area contributed by atoms with Crippen LogP contribution in [0.3, 0.4) is 0 Å². The molecule has 0 unspecified atom stereocenters. The molecule has 1 heterocycles. The lowest BCUT2D eigenvalue weighted by atomic mass is 10.5. The molecule has 0 fully saturated rings. The summed E-state index contributed by atoms with van der Waals surface area (Å²) in [5.41, 5.74) is 5.23. The van der Waals surface area contributed by atoms with Gasteiger partial charge in [0.25, 0.3) is 9.05 Å². The van der Waals surface area contributed by atoms with E-state index in [9.17, 15) is 8.42 Å². The number of hydrogen-bond donors (Lipinski definition) is 1. The van der Waals surface area contributed by atoms with Gasteiger partial charge in [0.05, 0.1) is 0 Å². The molecule has 0 spiro atoms. The molecule has 1 aromatic rings. The van der Waals surface area contributed by atoms with E-state index in [4.69, 9.17) is 16.4 Å². The molecular formula is C5H5ClN2O2S. The monoisotopic (exact) mass is 192 g/mol. The highest BCUT2D eigenvalue weighted by molar-refractivity contribution is 8.13. The molecular weight excluding hydrogens is 188 g/mol. The summed E-state index contributed by atoms with van der Waals surface area (Å²) in [5, 5.41) is 0. The number of nitrogens with two attached hydrogens (primary N) is 1. The molecule has 0 saturated heterocycles. The minimum atomic E-state index is -3.75. The van der Waals surface area contributed by atoms with Crippen LogP contribution in [0.15, 0.2) is 23.2 Å².